The van der Waals surface area contributed by atoms with Gasteiger partial charge >= 0.3 is 0 Å². The molecule has 38 heavy (non-hydrogen) atoms. The molecule has 1 aliphatic rings. The van der Waals surface area contributed by atoms with Crippen molar-refractivity contribution in [3.63, 3.8) is 0 Å². The third-order valence-corrected chi connectivity index (χ3v) is 6.56. The fourth-order valence-corrected chi connectivity index (χ4v) is 4.26. The van der Waals surface area contributed by atoms with Crippen molar-refractivity contribution in [3.8, 4) is 11.5 Å². The molecule has 0 unspecified atom stereocenters. The second kappa shape index (κ2) is 9.89. The lowest BCUT2D eigenvalue weighted by Gasteiger charge is -2.31. The number of halogens is 1. The Hall–Kier alpha value is -4.27. The summed E-state index contributed by atoms with van der Waals surface area (Å²) in [5.74, 6) is -0.117. The van der Waals surface area contributed by atoms with Crippen molar-refractivity contribution in [2.45, 2.75) is 46.1 Å². The third-order valence-electron chi connectivity index (χ3n) is 6.56. The van der Waals surface area contributed by atoms with Crippen LogP contribution in [-0.4, -0.2) is 44.6 Å². The van der Waals surface area contributed by atoms with E-state index in [1.807, 2.05) is 20.8 Å². The first-order valence-electron chi connectivity index (χ1n) is 12.6. The average molecular weight is 516 g/mol. The van der Waals surface area contributed by atoms with E-state index in [9.17, 15) is 9.59 Å². The zero-order valence-corrected chi connectivity index (χ0v) is 21.9. The van der Waals surface area contributed by atoms with Crippen LogP contribution in [0.1, 0.15) is 48.7 Å². The Bertz CT molecular complexity index is 1540. The molecule has 4 aromatic rings. The number of fused-ring (bicyclic) bond motifs is 1. The van der Waals surface area contributed by atoms with Gasteiger partial charge in [0.2, 0.25) is 5.91 Å². The monoisotopic (exact) mass is 515 g/mol. The molecule has 0 atom stereocenters. The molecule has 5 rings (SSSR count). The summed E-state index contributed by atoms with van der Waals surface area (Å²) in [5.41, 5.74) is 2.51. The zero-order chi connectivity index (χ0) is 27.0. The molecule has 1 fully saturated rings. The molecular weight excluding hydrogens is 485 g/mol. The normalized spacial score (nSPS) is 13.3. The smallest absolute Gasteiger partial charge is 0.253 e. The van der Waals surface area contributed by atoms with Gasteiger partial charge in [0, 0.05) is 42.5 Å². The van der Waals surface area contributed by atoms with Gasteiger partial charge in [0.15, 0.2) is 0 Å². The maximum absolute atomic E-state index is 15.1. The lowest BCUT2D eigenvalue weighted by molar-refractivity contribution is -0.115. The fourth-order valence-electron chi connectivity index (χ4n) is 4.26. The first kappa shape index (κ1) is 25.4. The topological polar surface area (TPSA) is 89.4 Å². The minimum absolute atomic E-state index is 0.0245. The summed E-state index contributed by atoms with van der Waals surface area (Å²) in [4.78, 5) is 31.5. The third kappa shape index (κ3) is 5.22. The number of carbonyl (C=O) groups excluding carboxylic acids is 2. The van der Waals surface area contributed by atoms with E-state index in [2.05, 4.69) is 15.4 Å². The minimum atomic E-state index is -0.543. The van der Waals surface area contributed by atoms with Crippen LogP contribution in [0.4, 0.5) is 10.1 Å². The number of nitrogens with zero attached hydrogens (tertiary/aromatic N) is 4. The van der Waals surface area contributed by atoms with Crippen molar-refractivity contribution < 1.29 is 18.7 Å². The van der Waals surface area contributed by atoms with E-state index in [1.165, 1.54) is 6.07 Å². The van der Waals surface area contributed by atoms with E-state index < -0.39 is 5.82 Å². The number of anilines is 1. The Morgan fingerprint density at radius 3 is 2.58 bits per heavy atom. The molecule has 3 heterocycles. The number of hydrogen-bond acceptors (Lipinski definition) is 5. The lowest BCUT2D eigenvalue weighted by Crippen LogP contribution is -2.41. The second-order valence-electron chi connectivity index (χ2n) is 10.6. The highest BCUT2D eigenvalue weighted by Gasteiger charge is 2.22. The predicted molar refractivity (Wildman–Crippen MR) is 143 cm³/mol. The molecule has 1 saturated heterocycles. The number of rotatable bonds is 6. The van der Waals surface area contributed by atoms with Gasteiger partial charge in [-0.3, -0.25) is 19.3 Å². The van der Waals surface area contributed by atoms with Crippen LogP contribution in [0.15, 0.2) is 55.0 Å². The largest absolute Gasteiger partial charge is 0.456 e. The Morgan fingerprint density at radius 1 is 1.11 bits per heavy atom. The summed E-state index contributed by atoms with van der Waals surface area (Å²) in [6.45, 7) is 9.34. The van der Waals surface area contributed by atoms with E-state index in [4.69, 9.17) is 4.74 Å². The Kier molecular flexibility index (Phi) is 6.60. The molecule has 2 aromatic carbocycles. The molecule has 8 nitrogen and oxygen atoms in total. The molecule has 0 aliphatic carbocycles. The van der Waals surface area contributed by atoms with Crippen LogP contribution >= 0.6 is 0 Å². The minimum Gasteiger partial charge on any atom is -0.456 e. The molecule has 2 aromatic heterocycles. The van der Waals surface area contributed by atoms with Crippen LogP contribution in [0, 0.1) is 12.7 Å². The number of carbonyl (C=O) groups is 2. The zero-order valence-electron chi connectivity index (χ0n) is 21.9. The molecule has 0 saturated carbocycles. The molecule has 0 radical (unpaired) electrons. The molecule has 196 valence electrons. The van der Waals surface area contributed by atoms with Gasteiger partial charge in [-0.2, -0.15) is 5.10 Å². The lowest BCUT2D eigenvalue weighted by atomic mass is 10.1. The summed E-state index contributed by atoms with van der Waals surface area (Å²) in [5, 5.41) is 7.71. The van der Waals surface area contributed by atoms with E-state index >= 15 is 4.39 Å². The van der Waals surface area contributed by atoms with Crippen LogP contribution in [0.5, 0.6) is 11.5 Å². The molecule has 9 heteroatoms. The highest BCUT2D eigenvalue weighted by molar-refractivity contribution is 5.99. The van der Waals surface area contributed by atoms with Gasteiger partial charge in [-0.05, 0) is 75.6 Å². The second-order valence-corrected chi connectivity index (χ2v) is 10.6. The van der Waals surface area contributed by atoms with Gasteiger partial charge in [0.1, 0.15) is 17.3 Å². The van der Waals surface area contributed by atoms with Crippen molar-refractivity contribution >= 4 is 28.4 Å². The number of likely N-dealkylation sites (tertiary alicyclic amines) is 1. The number of aryl methyl sites for hydroxylation is 1. The first-order chi connectivity index (χ1) is 18.1. The Balaban J connectivity index is 1.34. The van der Waals surface area contributed by atoms with Gasteiger partial charge < -0.3 is 15.0 Å². The molecule has 0 bridgehead atoms. The van der Waals surface area contributed by atoms with Crippen molar-refractivity contribution in [2.75, 3.05) is 18.4 Å². The summed E-state index contributed by atoms with van der Waals surface area (Å²) in [6.07, 6.45) is 5.82. The number of nitrogens with one attached hydrogen (secondary N) is 1. The van der Waals surface area contributed by atoms with Gasteiger partial charge in [-0.1, -0.05) is 0 Å². The van der Waals surface area contributed by atoms with Gasteiger partial charge in [-0.25, -0.2) is 4.39 Å². The van der Waals surface area contributed by atoms with Crippen molar-refractivity contribution in [1.29, 1.82) is 0 Å². The van der Waals surface area contributed by atoms with Crippen LogP contribution < -0.4 is 10.1 Å². The van der Waals surface area contributed by atoms with Gasteiger partial charge in [-0.15, -0.1) is 0 Å². The maximum Gasteiger partial charge on any atom is 0.253 e. The standard InChI is InChI=1S/C29H30FN5O3/c1-18-12-20(14-27(36)33-21-16-32-35(17-21)29(2,3)4)23(30)15-26(18)38-25-8-9-31-24-7-6-19(13-22(24)25)28(37)34-10-5-11-34/h6-9,12-13,15-17H,5,10-11,14H2,1-4H3,(H,33,36). The average Bonchev–Trinajstić information content (AvgIpc) is 3.30. The number of hydrogen-bond donors (Lipinski definition) is 1. The number of benzene rings is 2. The quantitative estimate of drug-likeness (QED) is 0.369. The van der Waals surface area contributed by atoms with Gasteiger partial charge in [0.05, 0.1) is 29.4 Å². The molecule has 1 aliphatic heterocycles. The van der Waals surface area contributed by atoms with Crippen molar-refractivity contribution in [2.24, 2.45) is 0 Å². The van der Waals surface area contributed by atoms with E-state index in [0.29, 0.717) is 39.2 Å². The van der Waals surface area contributed by atoms with Crippen LogP contribution in [-0.2, 0) is 16.8 Å². The molecule has 0 spiro atoms. The van der Waals surface area contributed by atoms with E-state index in [0.717, 1.165) is 19.5 Å². The highest BCUT2D eigenvalue weighted by atomic mass is 19.1. The molecule has 1 N–H and O–H groups in total. The molecule has 2 amide bonds. The summed E-state index contributed by atoms with van der Waals surface area (Å²) >= 11 is 0. The Labute approximate surface area is 220 Å². The summed E-state index contributed by atoms with van der Waals surface area (Å²) < 4.78 is 22.9. The van der Waals surface area contributed by atoms with Crippen molar-refractivity contribution in [1.82, 2.24) is 19.7 Å². The van der Waals surface area contributed by atoms with Crippen molar-refractivity contribution in [3.05, 3.63) is 77.5 Å². The van der Waals surface area contributed by atoms with E-state index in [1.54, 1.807) is 65.4 Å². The Morgan fingerprint density at radius 2 is 1.89 bits per heavy atom. The predicted octanol–water partition coefficient (Wildman–Crippen LogP) is 5.45. The number of amides is 2. The number of aromatic nitrogens is 3. The van der Waals surface area contributed by atoms with Crippen LogP contribution in [0.25, 0.3) is 10.9 Å². The van der Waals surface area contributed by atoms with E-state index in [-0.39, 0.29) is 29.3 Å². The number of ether oxygens (including phenoxy) is 1. The highest BCUT2D eigenvalue weighted by Crippen LogP contribution is 2.33. The first-order valence-corrected chi connectivity index (χ1v) is 12.6. The SMILES string of the molecule is Cc1cc(CC(=O)Nc2cnn(C(C)(C)C)c2)c(F)cc1Oc1ccnc2ccc(C(=O)N3CCC3)cc12. The number of pyridine rings is 1. The van der Waals surface area contributed by atoms with Crippen LogP contribution in [0.2, 0.25) is 0 Å². The molecular formula is C29H30FN5O3. The summed E-state index contributed by atoms with van der Waals surface area (Å²) in [7, 11) is 0. The maximum atomic E-state index is 15.1. The van der Waals surface area contributed by atoms with Crippen LogP contribution in [0.3, 0.4) is 0 Å². The van der Waals surface area contributed by atoms with Gasteiger partial charge in [0.25, 0.3) is 5.91 Å². The summed E-state index contributed by atoms with van der Waals surface area (Å²) in [6, 6.07) is 9.91. The fraction of sp³-hybridized carbons (Fsp3) is 0.310.